The first-order chi connectivity index (χ1) is 4.29. The number of carbonyl (C=O) groups is 1. The average molecular weight is 143 g/mol. The summed E-state index contributed by atoms with van der Waals surface area (Å²) in [7, 11) is 0.651. The molecule has 1 rings (SSSR count). The Balaban J connectivity index is 1.97. The molecule has 2 nitrogen and oxygen atoms in total. The minimum Gasteiger partial charge on any atom is -0.361 e. The van der Waals surface area contributed by atoms with Gasteiger partial charge in [-0.2, -0.15) is 0 Å². The van der Waals surface area contributed by atoms with Gasteiger partial charge < -0.3 is 5.32 Å². The second-order valence-electron chi connectivity index (χ2n) is 2.73. The van der Waals surface area contributed by atoms with E-state index in [2.05, 4.69) is 5.32 Å². The van der Waals surface area contributed by atoms with Crippen LogP contribution >= 0.6 is 0 Å². The number of amides is 1. The fourth-order valence-electron chi connectivity index (χ4n) is 0.985. The second-order valence-corrected chi connectivity index (χ2v) is 3.64. The van der Waals surface area contributed by atoms with Crippen LogP contribution in [0.3, 0.4) is 0 Å². The molecule has 0 bridgehead atoms. The molecule has 0 aromatic carbocycles. The Morgan fingerprint density at radius 3 is 2.67 bits per heavy atom. The van der Waals surface area contributed by atoms with Gasteiger partial charge >= 0.3 is 0 Å². The molecule has 3 heteroatoms. The summed E-state index contributed by atoms with van der Waals surface area (Å²) >= 11 is 0. The van der Waals surface area contributed by atoms with Crippen molar-refractivity contribution < 1.29 is 4.79 Å². The Morgan fingerprint density at radius 2 is 2.33 bits per heavy atom. The van der Waals surface area contributed by atoms with Gasteiger partial charge in [0.1, 0.15) is 10.2 Å². The van der Waals surface area contributed by atoms with E-state index in [0.29, 0.717) is 10.2 Å². The molecular weight excluding hydrogens is 130 g/mol. The Kier molecular flexibility index (Phi) is 2.27. The normalized spacial score (nSPS) is 19.1. The summed E-state index contributed by atoms with van der Waals surface area (Å²) in [4.78, 5) is 10.4. The van der Waals surface area contributed by atoms with Crippen molar-refractivity contribution in [3.05, 3.63) is 0 Å². The lowest BCUT2D eigenvalue weighted by Crippen LogP contribution is -2.31. The molecule has 1 aliphatic rings. The molecule has 0 radical (unpaired) electrons. The van der Waals surface area contributed by atoms with Gasteiger partial charge in [-0.1, -0.05) is 6.42 Å². The average Bonchev–Trinajstić information content (AvgIpc) is 1.60. The zero-order valence-corrected chi connectivity index (χ0v) is 7.81. The number of hydrogen-bond acceptors (Lipinski definition) is 1. The molecule has 0 saturated heterocycles. The standard InChI is InChI=1S/C6H13NOSi/c8-6(9)7-4-5-2-1-3-5/h5H,1-4H2,9H3,(H,7,8). The molecule has 52 valence electrons. The third kappa shape index (κ3) is 2.18. The highest BCUT2D eigenvalue weighted by atomic mass is 28.1. The van der Waals surface area contributed by atoms with E-state index < -0.39 is 0 Å². The Labute approximate surface area is 58.4 Å². The molecule has 0 aromatic heterocycles. The van der Waals surface area contributed by atoms with Crippen LogP contribution in [-0.4, -0.2) is 22.3 Å². The van der Waals surface area contributed by atoms with Gasteiger partial charge in [-0.05, 0) is 18.8 Å². The van der Waals surface area contributed by atoms with Gasteiger partial charge in [0.2, 0.25) is 0 Å². The Bertz CT molecular complexity index is 112. The highest BCUT2D eigenvalue weighted by Gasteiger charge is 2.16. The smallest absolute Gasteiger partial charge is 0.180 e. The first-order valence-electron chi connectivity index (χ1n) is 3.53. The van der Waals surface area contributed by atoms with Gasteiger partial charge in [-0.3, -0.25) is 4.79 Å². The quantitative estimate of drug-likeness (QED) is 0.536. The zero-order chi connectivity index (χ0) is 6.69. The van der Waals surface area contributed by atoms with Crippen LogP contribution in [0.5, 0.6) is 0 Å². The monoisotopic (exact) mass is 143 g/mol. The molecule has 9 heavy (non-hydrogen) atoms. The van der Waals surface area contributed by atoms with E-state index in [0.717, 1.165) is 12.5 Å². The summed E-state index contributed by atoms with van der Waals surface area (Å²) < 4.78 is 0. The molecule has 1 saturated carbocycles. The van der Waals surface area contributed by atoms with E-state index in [9.17, 15) is 4.79 Å². The van der Waals surface area contributed by atoms with Crippen molar-refractivity contribution in [2.75, 3.05) is 6.54 Å². The van der Waals surface area contributed by atoms with Gasteiger partial charge in [0.25, 0.3) is 0 Å². The van der Waals surface area contributed by atoms with Crippen LogP contribution in [-0.2, 0) is 0 Å². The van der Waals surface area contributed by atoms with Crippen LogP contribution in [0, 0.1) is 5.92 Å². The maximum atomic E-state index is 10.4. The maximum absolute atomic E-state index is 10.4. The van der Waals surface area contributed by atoms with Crippen LogP contribution in [0.25, 0.3) is 0 Å². The molecule has 0 unspecified atom stereocenters. The van der Waals surface area contributed by atoms with Crippen molar-refractivity contribution in [2.45, 2.75) is 19.3 Å². The lowest BCUT2D eigenvalue weighted by Gasteiger charge is -2.24. The number of nitrogens with one attached hydrogen (secondary N) is 1. The minimum absolute atomic E-state index is 0.238. The molecule has 0 aromatic rings. The Morgan fingerprint density at radius 1 is 1.67 bits per heavy atom. The van der Waals surface area contributed by atoms with E-state index in [1.807, 2.05) is 0 Å². The van der Waals surface area contributed by atoms with E-state index in [4.69, 9.17) is 0 Å². The van der Waals surface area contributed by atoms with Crippen LogP contribution < -0.4 is 5.32 Å². The highest BCUT2D eigenvalue weighted by Crippen LogP contribution is 2.24. The summed E-state index contributed by atoms with van der Waals surface area (Å²) in [5.41, 5.74) is 0.238. The highest BCUT2D eigenvalue weighted by molar-refractivity contribution is 6.57. The van der Waals surface area contributed by atoms with E-state index in [1.54, 1.807) is 0 Å². The summed E-state index contributed by atoms with van der Waals surface area (Å²) in [5, 5.41) is 2.87. The molecule has 0 heterocycles. The third-order valence-electron chi connectivity index (χ3n) is 1.86. The Hall–Kier alpha value is -0.313. The maximum Gasteiger partial charge on any atom is 0.180 e. The van der Waals surface area contributed by atoms with E-state index in [1.165, 1.54) is 19.3 Å². The molecule has 0 aliphatic heterocycles. The van der Waals surface area contributed by atoms with Gasteiger partial charge in [-0.25, -0.2) is 0 Å². The third-order valence-corrected chi connectivity index (χ3v) is 2.22. The molecule has 1 fully saturated rings. The van der Waals surface area contributed by atoms with Gasteiger partial charge in [-0.15, -0.1) is 0 Å². The largest absolute Gasteiger partial charge is 0.361 e. The summed E-state index contributed by atoms with van der Waals surface area (Å²) in [6.45, 7) is 0.933. The lowest BCUT2D eigenvalue weighted by atomic mass is 9.86. The zero-order valence-electron chi connectivity index (χ0n) is 5.81. The number of hydrogen-bond donors (Lipinski definition) is 1. The van der Waals surface area contributed by atoms with Crippen LogP contribution in [0.1, 0.15) is 19.3 Å². The first-order valence-corrected chi connectivity index (χ1v) is 4.53. The predicted octanol–water partition coefficient (Wildman–Crippen LogP) is -0.139. The molecule has 1 amide bonds. The van der Waals surface area contributed by atoms with Crippen molar-refractivity contribution in [3.8, 4) is 0 Å². The van der Waals surface area contributed by atoms with Crippen molar-refractivity contribution >= 4 is 15.8 Å². The van der Waals surface area contributed by atoms with E-state index in [-0.39, 0.29) is 5.53 Å². The van der Waals surface area contributed by atoms with Crippen molar-refractivity contribution in [2.24, 2.45) is 5.92 Å². The van der Waals surface area contributed by atoms with Gasteiger partial charge in [0.15, 0.2) is 5.53 Å². The van der Waals surface area contributed by atoms with Crippen molar-refractivity contribution in [1.82, 2.24) is 5.32 Å². The van der Waals surface area contributed by atoms with Crippen LogP contribution in [0.2, 0.25) is 0 Å². The molecular formula is C6H13NOSi. The van der Waals surface area contributed by atoms with Crippen molar-refractivity contribution in [3.63, 3.8) is 0 Å². The van der Waals surface area contributed by atoms with Crippen LogP contribution in [0.15, 0.2) is 0 Å². The number of rotatable bonds is 2. The fraction of sp³-hybridized carbons (Fsp3) is 0.833. The van der Waals surface area contributed by atoms with E-state index >= 15 is 0 Å². The fourth-order valence-corrected chi connectivity index (χ4v) is 1.19. The summed E-state index contributed by atoms with van der Waals surface area (Å²) in [6, 6.07) is 0. The van der Waals surface area contributed by atoms with Crippen molar-refractivity contribution in [1.29, 1.82) is 0 Å². The molecule has 0 atom stereocenters. The molecule has 1 aliphatic carbocycles. The lowest BCUT2D eigenvalue weighted by molar-refractivity contribution is 0.250. The summed E-state index contributed by atoms with van der Waals surface area (Å²) in [6.07, 6.45) is 4.01. The van der Waals surface area contributed by atoms with Gasteiger partial charge in [0.05, 0.1) is 0 Å². The predicted molar refractivity (Wildman–Crippen MR) is 40.7 cm³/mol. The molecule has 0 spiro atoms. The minimum atomic E-state index is 0.238. The van der Waals surface area contributed by atoms with Gasteiger partial charge in [0, 0.05) is 6.54 Å². The number of carbonyl (C=O) groups excluding carboxylic acids is 1. The second kappa shape index (κ2) is 3.01. The topological polar surface area (TPSA) is 29.1 Å². The molecule has 1 N–H and O–H groups in total. The van der Waals surface area contributed by atoms with Crippen LogP contribution in [0.4, 0.5) is 4.79 Å². The first kappa shape index (κ1) is 6.80. The SMILES string of the molecule is O=C([SiH3])NCC1CCC1. The summed E-state index contributed by atoms with van der Waals surface area (Å²) in [5.74, 6) is 0.808.